The zero-order valence-corrected chi connectivity index (χ0v) is 16.0. The summed E-state index contributed by atoms with van der Waals surface area (Å²) in [7, 11) is 2.20. The molecule has 1 aromatic carbocycles. The number of hydrogen-bond acceptors (Lipinski definition) is 3. The van der Waals surface area contributed by atoms with Crippen LogP contribution in [0.3, 0.4) is 0 Å². The number of benzene rings is 1. The maximum absolute atomic E-state index is 5.44. The van der Waals surface area contributed by atoms with E-state index in [1.54, 1.807) is 0 Å². The highest BCUT2D eigenvalue weighted by Gasteiger charge is 2.39. The molecule has 0 aromatic heterocycles. The molecule has 1 aromatic rings. The Balaban J connectivity index is 1.44. The van der Waals surface area contributed by atoms with E-state index in [2.05, 4.69) is 34.1 Å². The first-order valence-corrected chi connectivity index (χ1v) is 9.70. The van der Waals surface area contributed by atoms with Crippen molar-refractivity contribution in [3.05, 3.63) is 43.0 Å². The minimum absolute atomic E-state index is 0.607. The van der Waals surface area contributed by atoms with Crippen molar-refractivity contribution in [2.75, 3.05) is 45.1 Å². The van der Waals surface area contributed by atoms with Crippen molar-refractivity contribution in [3.63, 3.8) is 0 Å². The van der Waals surface area contributed by atoms with Crippen molar-refractivity contribution in [2.45, 2.75) is 18.9 Å². The third kappa shape index (κ3) is 5.03. The zero-order valence-electron chi connectivity index (χ0n) is 15.2. The number of para-hydroxylation sites is 1. The lowest BCUT2D eigenvalue weighted by Crippen LogP contribution is -2.58. The first kappa shape index (κ1) is 18.4. The van der Waals surface area contributed by atoms with Crippen molar-refractivity contribution in [3.8, 4) is 0 Å². The van der Waals surface area contributed by atoms with Gasteiger partial charge in [0.2, 0.25) is 0 Å². The third-order valence-corrected chi connectivity index (χ3v) is 5.78. The number of hydrogen-bond donors (Lipinski definition) is 2. The molecular formula is C20H30N4S. The number of rotatable bonds is 7. The summed E-state index contributed by atoms with van der Waals surface area (Å²) in [6.07, 6.45) is 4.62. The van der Waals surface area contributed by atoms with Crippen LogP contribution in [-0.2, 0) is 0 Å². The average molecular weight is 359 g/mol. The molecule has 3 heterocycles. The second kappa shape index (κ2) is 8.79. The maximum atomic E-state index is 5.44. The number of nitrogens with zero attached hydrogens (tertiary/aromatic N) is 2. The van der Waals surface area contributed by atoms with Crippen molar-refractivity contribution in [2.24, 2.45) is 11.8 Å². The molecule has 3 aliphatic heterocycles. The van der Waals surface area contributed by atoms with E-state index in [0.29, 0.717) is 6.04 Å². The van der Waals surface area contributed by atoms with E-state index in [9.17, 15) is 0 Å². The molecule has 0 spiro atoms. The molecule has 4 unspecified atom stereocenters. The van der Waals surface area contributed by atoms with Gasteiger partial charge in [0, 0.05) is 37.9 Å². The van der Waals surface area contributed by atoms with Gasteiger partial charge in [0.15, 0.2) is 5.11 Å². The minimum atomic E-state index is 0.607. The summed E-state index contributed by atoms with van der Waals surface area (Å²) >= 11 is 5.44. The summed E-state index contributed by atoms with van der Waals surface area (Å²) in [6, 6.07) is 10.7. The van der Waals surface area contributed by atoms with Crippen LogP contribution >= 0.6 is 12.2 Å². The minimum Gasteiger partial charge on any atom is -0.361 e. The van der Waals surface area contributed by atoms with E-state index in [4.69, 9.17) is 12.2 Å². The van der Waals surface area contributed by atoms with Crippen molar-refractivity contribution in [1.29, 1.82) is 0 Å². The summed E-state index contributed by atoms with van der Waals surface area (Å²) in [4.78, 5) is 5.05. The van der Waals surface area contributed by atoms with Gasteiger partial charge in [-0.05, 0) is 62.6 Å². The second-order valence-electron chi connectivity index (χ2n) is 7.40. The van der Waals surface area contributed by atoms with Crippen LogP contribution in [0.1, 0.15) is 12.8 Å². The largest absolute Gasteiger partial charge is 0.361 e. The summed E-state index contributed by atoms with van der Waals surface area (Å²) in [5.74, 6) is 1.64. The van der Waals surface area contributed by atoms with Crippen molar-refractivity contribution < 1.29 is 0 Å². The number of anilines is 1. The molecule has 2 bridgehead atoms. The van der Waals surface area contributed by atoms with Crippen LogP contribution in [0.5, 0.6) is 0 Å². The molecule has 0 radical (unpaired) electrons. The molecule has 0 saturated carbocycles. The molecule has 3 fully saturated rings. The van der Waals surface area contributed by atoms with Gasteiger partial charge in [0.05, 0.1) is 0 Å². The molecule has 4 atom stereocenters. The second-order valence-corrected chi connectivity index (χ2v) is 7.81. The van der Waals surface area contributed by atoms with E-state index < -0.39 is 0 Å². The predicted octanol–water partition coefficient (Wildman–Crippen LogP) is 2.80. The van der Waals surface area contributed by atoms with Gasteiger partial charge in [0.25, 0.3) is 0 Å². The number of fused-ring (bicyclic) bond motifs is 3. The van der Waals surface area contributed by atoms with Gasteiger partial charge in [-0.25, -0.2) is 0 Å². The van der Waals surface area contributed by atoms with Crippen LogP contribution in [-0.4, -0.2) is 60.7 Å². The lowest BCUT2D eigenvalue weighted by molar-refractivity contribution is -0.00663. The van der Waals surface area contributed by atoms with E-state index in [1.165, 1.54) is 32.5 Å². The normalized spacial score (nSPS) is 27.9. The van der Waals surface area contributed by atoms with Gasteiger partial charge in [-0.2, -0.15) is 0 Å². The first-order valence-electron chi connectivity index (χ1n) is 9.29. The standard InChI is InChI=1S/C20H30N4S/c1-3-10-23(2)14-17-15-24-11-9-16(17)12-19(24)13-21-20(25)22-18-7-5-4-6-8-18/h3-8,16-17,19H,1,9-15H2,2H3,(H2,21,22,25). The molecule has 0 amide bonds. The van der Waals surface area contributed by atoms with Crippen molar-refractivity contribution in [1.82, 2.24) is 15.1 Å². The summed E-state index contributed by atoms with van der Waals surface area (Å²) in [5.41, 5.74) is 1.04. The number of nitrogens with one attached hydrogen (secondary N) is 2. The summed E-state index contributed by atoms with van der Waals surface area (Å²) < 4.78 is 0. The Morgan fingerprint density at radius 2 is 2.20 bits per heavy atom. The van der Waals surface area contributed by atoms with Crippen LogP contribution in [0.4, 0.5) is 5.69 Å². The van der Waals surface area contributed by atoms with Gasteiger partial charge in [0.1, 0.15) is 0 Å². The quantitative estimate of drug-likeness (QED) is 0.578. The monoisotopic (exact) mass is 358 g/mol. The highest BCUT2D eigenvalue weighted by molar-refractivity contribution is 7.80. The number of piperidine rings is 3. The third-order valence-electron chi connectivity index (χ3n) is 5.53. The fourth-order valence-corrected chi connectivity index (χ4v) is 4.47. The van der Waals surface area contributed by atoms with Crippen LogP contribution < -0.4 is 10.6 Å². The fourth-order valence-electron chi connectivity index (χ4n) is 4.27. The van der Waals surface area contributed by atoms with Crippen LogP contribution in [0.25, 0.3) is 0 Å². The van der Waals surface area contributed by atoms with E-state index in [0.717, 1.165) is 35.7 Å². The van der Waals surface area contributed by atoms with E-state index in [-0.39, 0.29) is 0 Å². The summed E-state index contributed by atoms with van der Waals surface area (Å²) in [5, 5.41) is 7.40. The Kier molecular flexibility index (Phi) is 6.45. The predicted molar refractivity (Wildman–Crippen MR) is 110 cm³/mol. The summed E-state index contributed by atoms with van der Waals surface area (Å²) in [6.45, 7) is 9.40. The number of thiocarbonyl (C=S) groups is 1. The molecule has 2 N–H and O–H groups in total. The SMILES string of the molecule is C=CCN(C)CC1CN2CCC1CC2CNC(=S)Nc1ccccc1. The van der Waals surface area contributed by atoms with E-state index >= 15 is 0 Å². The van der Waals surface area contributed by atoms with Crippen LogP contribution in [0, 0.1) is 11.8 Å². The van der Waals surface area contributed by atoms with E-state index in [1.807, 2.05) is 36.4 Å². The molecule has 5 heteroatoms. The van der Waals surface area contributed by atoms with Gasteiger partial charge < -0.3 is 15.5 Å². The molecule has 3 aliphatic rings. The molecule has 136 valence electrons. The Morgan fingerprint density at radius 3 is 2.88 bits per heavy atom. The average Bonchev–Trinajstić information content (AvgIpc) is 2.62. The fraction of sp³-hybridized carbons (Fsp3) is 0.550. The Labute approximate surface area is 157 Å². The van der Waals surface area contributed by atoms with Crippen molar-refractivity contribution >= 4 is 23.0 Å². The Bertz CT molecular complexity index is 576. The molecule has 0 aliphatic carbocycles. The van der Waals surface area contributed by atoms with Crippen LogP contribution in [0.2, 0.25) is 0 Å². The van der Waals surface area contributed by atoms with Gasteiger partial charge in [-0.1, -0.05) is 24.3 Å². The lowest BCUT2D eigenvalue weighted by atomic mass is 9.75. The highest BCUT2D eigenvalue weighted by atomic mass is 32.1. The van der Waals surface area contributed by atoms with Gasteiger partial charge in [-0.15, -0.1) is 6.58 Å². The highest BCUT2D eigenvalue weighted by Crippen LogP contribution is 2.36. The topological polar surface area (TPSA) is 30.5 Å². The zero-order chi connectivity index (χ0) is 17.6. The Morgan fingerprint density at radius 1 is 1.40 bits per heavy atom. The molecule has 4 nitrogen and oxygen atoms in total. The maximum Gasteiger partial charge on any atom is 0.170 e. The Hall–Kier alpha value is -1.43. The first-order chi connectivity index (χ1) is 12.2. The molecular weight excluding hydrogens is 328 g/mol. The number of likely N-dealkylation sites (N-methyl/N-ethyl adjacent to an activating group) is 1. The lowest BCUT2D eigenvalue weighted by Gasteiger charge is -2.50. The van der Waals surface area contributed by atoms with Crippen LogP contribution in [0.15, 0.2) is 43.0 Å². The smallest absolute Gasteiger partial charge is 0.170 e. The van der Waals surface area contributed by atoms with Gasteiger partial charge in [-0.3, -0.25) is 4.90 Å². The molecule has 25 heavy (non-hydrogen) atoms. The molecule has 4 rings (SSSR count). The molecule has 3 saturated heterocycles. The van der Waals surface area contributed by atoms with Gasteiger partial charge >= 0.3 is 0 Å².